The molecule has 0 aliphatic carbocycles. The highest BCUT2D eigenvalue weighted by Crippen LogP contribution is 2.52. The van der Waals surface area contributed by atoms with Gasteiger partial charge in [0.05, 0.1) is 4.88 Å². The van der Waals surface area contributed by atoms with E-state index in [1.165, 1.54) is 0 Å². The molecule has 1 heterocycles. The van der Waals surface area contributed by atoms with Crippen LogP contribution in [0.4, 0.5) is 36.3 Å². The van der Waals surface area contributed by atoms with Crippen molar-refractivity contribution >= 4 is 22.5 Å². The van der Waals surface area contributed by atoms with E-state index in [0.717, 1.165) is 4.90 Å². The number of carbonyl (C=O) groups is 1. The van der Waals surface area contributed by atoms with Gasteiger partial charge in [-0.1, -0.05) is 24.7 Å². The first-order valence-electron chi connectivity index (χ1n) is 7.27. The molecule has 0 aliphatic heterocycles. The zero-order chi connectivity index (χ0) is 19.5. The van der Waals surface area contributed by atoms with Crippen molar-refractivity contribution in [3.05, 3.63) is 11.1 Å². The normalized spacial score (nSPS) is 13.0. The van der Waals surface area contributed by atoms with Crippen LogP contribution in [0, 0.1) is 0 Å². The molecule has 5 nitrogen and oxygen atoms in total. The Morgan fingerprint density at radius 1 is 1.24 bits per heavy atom. The van der Waals surface area contributed by atoms with E-state index in [9.17, 15) is 36.2 Å². The van der Waals surface area contributed by atoms with Crippen LogP contribution in [0.1, 0.15) is 31.6 Å². The highest BCUT2D eigenvalue weighted by Gasteiger charge is 2.72. The molecule has 0 spiro atoms. The summed E-state index contributed by atoms with van der Waals surface area (Å²) in [6.45, 7) is 3.69. The number of nitrogens with zero attached hydrogens (tertiary/aromatic N) is 2. The number of nitrogens with one attached hydrogen (secondary N) is 1. The lowest BCUT2D eigenvalue weighted by Crippen LogP contribution is -2.53. The maximum absolute atomic E-state index is 12.9. The molecule has 1 rings (SSSR count). The first kappa shape index (κ1) is 21.5. The van der Waals surface area contributed by atoms with E-state index in [2.05, 4.69) is 10.3 Å². The van der Waals surface area contributed by atoms with Gasteiger partial charge < -0.3 is 10.4 Å². The van der Waals surface area contributed by atoms with Crippen molar-refractivity contribution in [3.63, 3.8) is 0 Å². The molecule has 144 valence electrons. The molecule has 0 saturated carbocycles. The number of halogens is 6. The minimum absolute atomic E-state index is 0.0297. The average molecular weight is 393 g/mol. The topological polar surface area (TPSA) is 65.5 Å². The first-order chi connectivity index (χ1) is 11.4. The van der Waals surface area contributed by atoms with Crippen LogP contribution in [0.25, 0.3) is 0 Å². The molecular formula is C13H17F6N3O2S. The summed E-state index contributed by atoms with van der Waals surface area (Å²) in [5, 5.41) is 11.4. The predicted molar refractivity (Wildman–Crippen MR) is 79.4 cm³/mol. The number of anilines is 1. The van der Waals surface area contributed by atoms with Crippen LogP contribution in [0.3, 0.4) is 0 Å². The first-order valence-corrected chi connectivity index (χ1v) is 8.09. The van der Waals surface area contributed by atoms with Gasteiger partial charge in [0.15, 0.2) is 5.13 Å². The maximum Gasteiger partial charge on any atom is 0.431 e. The van der Waals surface area contributed by atoms with Crippen LogP contribution in [0.5, 0.6) is 0 Å². The monoisotopic (exact) mass is 393 g/mol. The summed E-state index contributed by atoms with van der Waals surface area (Å²) in [6.07, 6.45) is -10.6. The van der Waals surface area contributed by atoms with E-state index in [1.807, 2.05) is 0 Å². The van der Waals surface area contributed by atoms with Crippen LogP contribution >= 0.6 is 11.3 Å². The van der Waals surface area contributed by atoms with Crippen molar-refractivity contribution in [3.8, 4) is 0 Å². The minimum atomic E-state index is -5.99. The third kappa shape index (κ3) is 4.35. The number of hydrogen-bond donors (Lipinski definition) is 2. The molecule has 2 N–H and O–H groups in total. The van der Waals surface area contributed by atoms with Crippen LogP contribution in [-0.4, -0.2) is 41.6 Å². The summed E-state index contributed by atoms with van der Waals surface area (Å²) in [4.78, 5) is 15.0. The number of unbranched alkanes of at least 4 members (excludes halogenated alkanes) is 1. The Bertz CT molecular complexity index is 573. The van der Waals surface area contributed by atoms with E-state index >= 15 is 0 Å². The second-order valence-electron chi connectivity index (χ2n) is 5.05. The third-order valence-electron chi connectivity index (χ3n) is 3.21. The highest BCUT2D eigenvalue weighted by atomic mass is 32.1. The Balaban J connectivity index is 3.30. The lowest BCUT2D eigenvalue weighted by atomic mass is 10.0. The average Bonchev–Trinajstić information content (AvgIpc) is 2.94. The van der Waals surface area contributed by atoms with E-state index in [0.29, 0.717) is 19.0 Å². The van der Waals surface area contributed by atoms with E-state index < -0.39 is 28.9 Å². The zero-order valence-corrected chi connectivity index (χ0v) is 14.1. The number of aromatic nitrogens is 1. The quantitative estimate of drug-likeness (QED) is 0.723. The molecule has 2 amide bonds. The summed E-state index contributed by atoms with van der Waals surface area (Å²) < 4.78 is 77.4. The highest BCUT2D eigenvalue weighted by molar-refractivity contribution is 7.15. The van der Waals surface area contributed by atoms with Gasteiger partial charge in [0.2, 0.25) is 0 Å². The van der Waals surface area contributed by atoms with Crippen LogP contribution in [0.15, 0.2) is 6.20 Å². The van der Waals surface area contributed by atoms with Crippen molar-refractivity contribution in [2.75, 3.05) is 18.0 Å². The van der Waals surface area contributed by atoms with E-state index in [4.69, 9.17) is 0 Å². The lowest BCUT2D eigenvalue weighted by Gasteiger charge is -2.30. The van der Waals surface area contributed by atoms with Gasteiger partial charge in [-0.25, -0.2) is 9.78 Å². The Labute approximate surface area is 143 Å². The molecule has 12 heteroatoms. The standard InChI is InChI=1S/C13H17F6N3O2S/c1-3-5-6-22(9(23)20-4-2)10-21-7-8(25-10)11(24,12(14,15)16)13(17,18)19/h7,24H,3-6H2,1-2H3,(H,20,23). The number of aliphatic hydroxyl groups is 1. The number of urea groups is 1. The van der Waals surface area contributed by atoms with Crippen molar-refractivity contribution in [1.82, 2.24) is 10.3 Å². The van der Waals surface area contributed by atoms with Gasteiger partial charge in [-0.2, -0.15) is 26.3 Å². The molecule has 25 heavy (non-hydrogen) atoms. The summed E-state index contributed by atoms with van der Waals surface area (Å²) in [7, 11) is 0. The van der Waals surface area contributed by atoms with Gasteiger partial charge in [-0.15, -0.1) is 0 Å². The third-order valence-corrected chi connectivity index (χ3v) is 4.34. The predicted octanol–water partition coefficient (Wildman–Crippen LogP) is 3.79. The van der Waals surface area contributed by atoms with Crippen molar-refractivity contribution in [2.24, 2.45) is 0 Å². The molecular weight excluding hydrogens is 376 g/mol. The molecule has 0 fully saturated rings. The number of hydrogen-bond acceptors (Lipinski definition) is 4. The van der Waals surface area contributed by atoms with Crippen molar-refractivity contribution < 1.29 is 36.2 Å². The molecule has 0 aliphatic rings. The molecule has 1 aromatic rings. The second kappa shape index (κ2) is 7.77. The summed E-state index contributed by atoms with van der Waals surface area (Å²) in [5.74, 6) is 0. The Morgan fingerprint density at radius 3 is 2.24 bits per heavy atom. The van der Waals surface area contributed by atoms with Crippen LogP contribution < -0.4 is 10.2 Å². The van der Waals surface area contributed by atoms with Crippen LogP contribution in [-0.2, 0) is 5.60 Å². The van der Waals surface area contributed by atoms with Gasteiger partial charge in [0.25, 0.3) is 5.60 Å². The fourth-order valence-corrected chi connectivity index (χ4v) is 2.92. The molecule has 0 atom stereocenters. The SMILES string of the molecule is CCCCN(C(=O)NCC)c1ncc(C(O)(C(F)(F)F)C(F)(F)F)s1. The summed E-state index contributed by atoms with van der Waals surface area (Å²) >= 11 is -0.0297. The van der Waals surface area contributed by atoms with Gasteiger partial charge in [0.1, 0.15) is 0 Å². The molecule has 1 aromatic heterocycles. The molecule has 0 saturated heterocycles. The number of thiazole rings is 1. The van der Waals surface area contributed by atoms with Gasteiger partial charge in [-0.3, -0.25) is 4.90 Å². The summed E-state index contributed by atoms with van der Waals surface area (Å²) in [6, 6.07) is -0.695. The van der Waals surface area contributed by atoms with E-state index in [1.54, 1.807) is 13.8 Å². The minimum Gasteiger partial charge on any atom is -0.369 e. The fraction of sp³-hybridized carbons (Fsp3) is 0.692. The smallest absolute Gasteiger partial charge is 0.369 e. The number of alkyl halides is 6. The number of amides is 2. The van der Waals surface area contributed by atoms with Gasteiger partial charge in [-0.05, 0) is 13.3 Å². The van der Waals surface area contributed by atoms with Gasteiger partial charge in [0, 0.05) is 19.3 Å². The maximum atomic E-state index is 12.9. The largest absolute Gasteiger partial charge is 0.431 e. The zero-order valence-electron chi connectivity index (χ0n) is 13.3. The molecule has 0 unspecified atom stereocenters. The Morgan fingerprint density at radius 2 is 1.80 bits per heavy atom. The van der Waals surface area contributed by atoms with Crippen LogP contribution in [0.2, 0.25) is 0 Å². The van der Waals surface area contributed by atoms with E-state index in [-0.39, 0.29) is 29.6 Å². The molecule has 0 radical (unpaired) electrons. The molecule has 0 aromatic carbocycles. The second-order valence-corrected chi connectivity index (χ2v) is 6.06. The molecule has 0 bridgehead atoms. The number of rotatable bonds is 6. The fourth-order valence-electron chi connectivity index (χ4n) is 1.84. The van der Waals surface area contributed by atoms with Gasteiger partial charge >= 0.3 is 18.4 Å². The van der Waals surface area contributed by atoms with Crippen molar-refractivity contribution in [1.29, 1.82) is 0 Å². The Hall–Kier alpha value is -1.56. The lowest BCUT2D eigenvalue weighted by molar-refractivity contribution is -0.375. The van der Waals surface area contributed by atoms with Crippen molar-refractivity contribution in [2.45, 2.75) is 44.6 Å². The Kier molecular flexibility index (Phi) is 6.68. The summed E-state index contributed by atoms with van der Waals surface area (Å²) in [5.41, 5.74) is -5.05. The number of carbonyl (C=O) groups excluding carboxylic acids is 1.